The van der Waals surface area contributed by atoms with Gasteiger partial charge < -0.3 is 18.9 Å². The number of hydrogen-bond acceptors (Lipinski definition) is 6. The molecule has 1 amide bonds. The van der Waals surface area contributed by atoms with Crippen LogP contribution in [0.1, 0.15) is 64.9 Å². The minimum atomic E-state index is -1.04. The largest absolute Gasteiger partial charge is 0.497 e. The molecule has 1 unspecified atom stereocenters. The van der Waals surface area contributed by atoms with E-state index in [4.69, 9.17) is 18.9 Å². The lowest BCUT2D eigenvalue weighted by molar-refractivity contribution is -0.168. The molecule has 1 aliphatic rings. The maximum absolute atomic E-state index is 13.5. The summed E-state index contributed by atoms with van der Waals surface area (Å²) in [5.74, 6) is 0.129. The fourth-order valence-corrected chi connectivity index (χ4v) is 3.63. The van der Waals surface area contributed by atoms with Crippen LogP contribution < -0.4 is 4.74 Å². The normalized spacial score (nSPS) is 20.9. The monoisotopic (exact) mass is 455 g/mol. The summed E-state index contributed by atoms with van der Waals surface area (Å²) in [6.45, 7) is 10.8. The quantitative estimate of drug-likeness (QED) is 0.574. The molecule has 2 aromatic rings. The van der Waals surface area contributed by atoms with Crippen molar-refractivity contribution in [3.05, 3.63) is 65.7 Å². The molecule has 7 heteroatoms. The first-order valence-corrected chi connectivity index (χ1v) is 11.0. The summed E-state index contributed by atoms with van der Waals surface area (Å²) < 4.78 is 22.9. The van der Waals surface area contributed by atoms with E-state index in [1.54, 1.807) is 72.9 Å². The van der Waals surface area contributed by atoms with Gasteiger partial charge in [0.25, 0.3) is 0 Å². The average molecular weight is 456 g/mol. The van der Waals surface area contributed by atoms with Crippen LogP contribution in [0.2, 0.25) is 0 Å². The first-order chi connectivity index (χ1) is 15.4. The second-order valence-electron chi connectivity index (χ2n) is 9.96. The van der Waals surface area contributed by atoms with E-state index >= 15 is 0 Å². The van der Waals surface area contributed by atoms with E-state index in [0.29, 0.717) is 11.3 Å². The standard InChI is InChI=1S/C26H33NO6/c1-25(2,3)32-23(28)21-20(17-11-9-8-10-12-17)27(24(29)33-26(4,5)6)22(31-21)18-13-15-19(30-7)16-14-18/h8-16,20-22H,1-7H3/t20-,21-,22?/m0/s1. The Bertz CT molecular complexity index is 959. The van der Waals surface area contributed by atoms with Crippen LogP contribution in [0.15, 0.2) is 54.6 Å². The molecular formula is C26H33NO6. The molecule has 3 atom stereocenters. The second-order valence-corrected chi connectivity index (χ2v) is 9.96. The lowest BCUT2D eigenvalue weighted by atomic mass is 10.00. The number of esters is 1. The molecule has 1 aliphatic heterocycles. The summed E-state index contributed by atoms with van der Waals surface area (Å²) in [5, 5.41) is 0. The van der Waals surface area contributed by atoms with Crippen LogP contribution in [-0.2, 0) is 19.0 Å². The number of carbonyl (C=O) groups excluding carboxylic acids is 2. The van der Waals surface area contributed by atoms with Crippen LogP contribution in [0.4, 0.5) is 4.79 Å². The Labute approximate surface area is 195 Å². The maximum atomic E-state index is 13.5. The van der Waals surface area contributed by atoms with Crippen LogP contribution in [0.5, 0.6) is 5.75 Å². The number of nitrogens with zero attached hydrogens (tertiary/aromatic N) is 1. The number of carbonyl (C=O) groups is 2. The van der Waals surface area contributed by atoms with Crippen molar-refractivity contribution in [2.24, 2.45) is 0 Å². The van der Waals surface area contributed by atoms with Gasteiger partial charge in [-0.3, -0.25) is 4.90 Å². The number of rotatable bonds is 4. The Morgan fingerprint density at radius 3 is 1.91 bits per heavy atom. The van der Waals surface area contributed by atoms with Crippen molar-refractivity contribution in [3.63, 3.8) is 0 Å². The predicted octanol–water partition coefficient (Wildman–Crippen LogP) is 5.41. The predicted molar refractivity (Wildman–Crippen MR) is 124 cm³/mol. The minimum absolute atomic E-state index is 0.541. The lowest BCUT2D eigenvalue weighted by Crippen LogP contribution is -2.41. The summed E-state index contributed by atoms with van der Waals surface area (Å²) in [5.41, 5.74) is -0.00691. The fraction of sp³-hybridized carbons (Fsp3) is 0.462. The van der Waals surface area contributed by atoms with Gasteiger partial charge in [0.2, 0.25) is 0 Å². The van der Waals surface area contributed by atoms with Crippen LogP contribution >= 0.6 is 0 Å². The van der Waals surface area contributed by atoms with E-state index < -0.39 is 41.6 Å². The van der Waals surface area contributed by atoms with Gasteiger partial charge in [-0.15, -0.1) is 0 Å². The lowest BCUT2D eigenvalue weighted by Gasteiger charge is -2.32. The van der Waals surface area contributed by atoms with Crippen molar-refractivity contribution in [3.8, 4) is 5.75 Å². The minimum Gasteiger partial charge on any atom is -0.497 e. The van der Waals surface area contributed by atoms with Crippen molar-refractivity contribution < 1.29 is 28.5 Å². The number of methoxy groups -OCH3 is 1. The Kier molecular flexibility index (Phi) is 7.03. The SMILES string of the molecule is COc1ccc(C2O[C@H](C(=O)OC(C)(C)C)[C@H](c3ccccc3)N2C(=O)OC(C)(C)C)cc1. The maximum Gasteiger partial charge on any atom is 0.413 e. The van der Waals surface area contributed by atoms with Crippen molar-refractivity contribution >= 4 is 12.1 Å². The van der Waals surface area contributed by atoms with E-state index in [2.05, 4.69) is 0 Å². The topological polar surface area (TPSA) is 74.3 Å². The zero-order valence-corrected chi connectivity index (χ0v) is 20.3. The highest BCUT2D eigenvalue weighted by Crippen LogP contribution is 2.45. The molecule has 2 aromatic carbocycles. The number of ether oxygens (including phenoxy) is 4. The van der Waals surface area contributed by atoms with Gasteiger partial charge in [-0.2, -0.15) is 0 Å². The Balaban J connectivity index is 2.10. The van der Waals surface area contributed by atoms with Gasteiger partial charge in [0.05, 0.1) is 7.11 Å². The summed E-state index contributed by atoms with van der Waals surface area (Å²) in [6.07, 6.45) is -2.47. The summed E-state index contributed by atoms with van der Waals surface area (Å²) in [7, 11) is 1.58. The first-order valence-electron chi connectivity index (χ1n) is 11.0. The molecule has 1 fully saturated rings. The molecule has 0 radical (unpaired) electrons. The Morgan fingerprint density at radius 2 is 1.39 bits per heavy atom. The van der Waals surface area contributed by atoms with Gasteiger partial charge in [0.1, 0.15) is 23.0 Å². The molecule has 0 spiro atoms. The van der Waals surface area contributed by atoms with E-state index in [9.17, 15) is 9.59 Å². The van der Waals surface area contributed by atoms with E-state index in [-0.39, 0.29) is 0 Å². The van der Waals surface area contributed by atoms with Gasteiger partial charge in [0.15, 0.2) is 12.3 Å². The second kappa shape index (κ2) is 9.43. The number of hydrogen-bond donors (Lipinski definition) is 0. The molecule has 7 nitrogen and oxygen atoms in total. The van der Waals surface area contributed by atoms with Gasteiger partial charge >= 0.3 is 12.1 Å². The van der Waals surface area contributed by atoms with Gasteiger partial charge in [-0.1, -0.05) is 42.5 Å². The van der Waals surface area contributed by atoms with Crippen LogP contribution in [-0.4, -0.2) is 41.4 Å². The average Bonchev–Trinajstić information content (AvgIpc) is 3.13. The van der Waals surface area contributed by atoms with Gasteiger partial charge in [0, 0.05) is 5.56 Å². The zero-order chi connectivity index (χ0) is 24.4. The molecule has 0 aliphatic carbocycles. The molecule has 1 saturated heterocycles. The van der Waals surface area contributed by atoms with E-state index in [1.165, 1.54) is 4.90 Å². The molecule has 0 N–H and O–H groups in total. The van der Waals surface area contributed by atoms with Gasteiger partial charge in [-0.25, -0.2) is 9.59 Å². The van der Waals surface area contributed by atoms with Gasteiger partial charge in [-0.05, 0) is 59.2 Å². The number of benzene rings is 2. The van der Waals surface area contributed by atoms with E-state index in [1.807, 2.05) is 30.3 Å². The fourth-order valence-electron chi connectivity index (χ4n) is 3.63. The molecule has 0 aromatic heterocycles. The molecule has 0 bridgehead atoms. The smallest absolute Gasteiger partial charge is 0.413 e. The summed E-state index contributed by atoms with van der Waals surface area (Å²) >= 11 is 0. The summed E-state index contributed by atoms with van der Waals surface area (Å²) in [6, 6.07) is 15.8. The van der Waals surface area contributed by atoms with Crippen molar-refractivity contribution in [2.45, 2.75) is 71.1 Å². The van der Waals surface area contributed by atoms with Crippen LogP contribution in [0, 0.1) is 0 Å². The number of amides is 1. The summed E-state index contributed by atoms with van der Waals surface area (Å²) in [4.78, 5) is 28.2. The third-order valence-electron chi connectivity index (χ3n) is 4.90. The van der Waals surface area contributed by atoms with Crippen LogP contribution in [0.3, 0.4) is 0 Å². The molecular weight excluding hydrogens is 422 g/mol. The molecule has 0 saturated carbocycles. The van der Waals surface area contributed by atoms with E-state index in [0.717, 1.165) is 5.56 Å². The molecule has 178 valence electrons. The highest BCUT2D eigenvalue weighted by Gasteiger charge is 2.52. The van der Waals surface area contributed by atoms with Crippen molar-refractivity contribution in [2.75, 3.05) is 7.11 Å². The molecule has 33 heavy (non-hydrogen) atoms. The van der Waals surface area contributed by atoms with Crippen molar-refractivity contribution in [1.29, 1.82) is 0 Å². The molecule has 1 heterocycles. The third kappa shape index (κ3) is 6.05. The molecule has 3 rings (SSSR count). The van der Waals surface area contributed by atoms with Crippen molar-refractivity contribution in [1.82, 2.24) is 4.90 Å². The Hall–Kier alpha value is -3.06. The first kappa shape index (κ1) is 24.6. The zero-order valence-electron chi connectivity index (χ0n) is 20.3. The Morgan fingerprint density at radius 1 is 0.818 bits per heavy atom. The third-order valence-corrected chi connectivity index (χ3v) is 4.90. The van der Waals surface area contributed by atoms with Crippen LogP contribution in [0.25, 0.3) is 0 Å². The highest BCUT2D eigenvalue weighted by atomic mass is 16.6. The highest BCUT2D eigenvalue weighted by molar-refractivity contribution is 5.79.